The van der Waals surface area contributed by atoms with Gasteiger partial charge in [0.15, 0.2) is 23.1 Å². The lowest BCUT2D eigenvalue weighted by Gasteiger charge is -2.15. The van der Waals surface area contributed by atoms with Crippen molar-refractivity contribution in [2.75, 3.05) is 14.2 Å². The molecule has 24 heavy (non-hydrogen) atoms. The average Bonchev–Trinajstić information content (AvgIpc) is 2.56. The van der Waals surface area contributed by atoms with E-state index >= 15 is 0 Å². The van der Waals surface area contributed by atoms with Gasteiger partial charge in [-0.05, 0) is 18.2 Å². The second-order valence-corrected chi connectivity index (χ2v) is 4.73. The Morgan fingerprint density at radius 3 is 2.17 bits per heavy atom. The number of methoxy groups -OCH3 is 2. The van der Waals surface area contributed by atoms with E-state index in [4.69, 9.17) is 24.3 Å². The van der Waals surface area contributed by atoms with Gasteiger partial charge in [0, 0.05) is 11.5 Å². The summed E-state index contributed by atoms with van der Waals surface area (Å²) >= 11 is 0. The molecule has 0 bridgehead atoms. The van der Waals surface area contributed by atoms with E-state index < -0.39 is 36.6 Å². The summed E-state index contributed by atoms with van der Waals surface area (Å²) in [7, 11) is 0.466. The van der Waals surface area contributed by atoms with Gasteiger partial charge in [0.25, 0.3) is 0 Å². The zero-order valence-corrected chi connectivity index (χ0v) is 12.8. The van der Waals surface area contributed by atoms with Gasteiger partial charge in [0.05, 0.1) is 19.8 Å². The highest BCUT2D eigenvalue weighted by Gasteiger charge is 2.22. The maximum atomic E-state index is 13.9. The number of halogens is 3. The first kappa shape index (κ1) is 18.0. The minimum absolute atomic E-state index is 0.0484. The van der Waals surface area contributed by atoms with Gasteiger partial charge in [-0.3, -0.25) is 0 Å². The molecule has 2 aromatic rings. The van der Waals surface area contributed by atoms with Crippen molar-refractivity contribution in [2.45, 2.75) is 6.61 Å². The Morgan fingerprint density at radius 1 is 0.917 bits per heavy atom. The highest BCUT2D eigenvalue weighted by atomic mass is 19.2. The lowest BCUT2D eigenvalue weighted by Crippen LogP contribution is -2.32. The molecule has 0 atom stereocenters. The molecule has 0 heterocycles. The number of benzene rings is 2. The van der Waals surface area contributed by atoms with Crippen LogP contribution in [0, 0.1) is 17.5 Å². The smallest absolute Gasteiger partial charge is 0.491 e. The van der Waals surface area contributed by atoms with Gasteiger partial charge in [-0.2, -0.15) is 0 Å². The summed E-state index contributed by atoms with van der Waals surface area (Å²) in [5.74, 6) is -3.19. The van der Waals surface area contributed by atoms with Crippen LogP contribution in [-0.2, 0) is 6.61 Å². The largest absolute Gasteiger partial charge is 0.496 e. The van der Waals surface area contributed by atoms with Crippen molar-refractivity contribution in [3.63, 3.8) is 0 Å². The molecule has 2 N–H and O–H groups in total. The van der Waals surface area contributed by atoms with E-state index in [9.17, 15) is 13.2 Å². The summed E-state index contributed by atoms with van der Waals surface area (Å²) < 4.78 is 56.2. The zero-order chi connectivity index (χ0) is 17.9. The molecule has 5 nitrogen and oxygen atoms in total. The maximum Gasteiger partial charge on any atom is 0.491 e. The van der Waals surface area contributed by atoms with Crippen molar-refractivity contribution in [3.05, 3.63) is 47.3 Å². The number of hydrogen-bond acceptors (Lipinski definition) is 5. The van der Waals surface area contributed by atoms with E-state index in [-0.39, 0.29) is 22.8 Å². The first-order valence-corrected chi connectivity index (χ1v) is 6.76. The van der Waals surface area contributed by atoms with Crippen LogP contribution in [0.3, 0.4) is 0 Å². The summed E-state index contributed by atoms with van der Waals surface area (Å²) in [6, 6.07) is 4.05. The van der Waals surface area contributed by atoms with Crippen LogP contribution in [0.4, 0.5) is 13.2 Å². The first-order valence-electron chi connectivity index (χ1n) is 6.76. The molecular formula is C15H14BF3O5. The van der Waals surface area contributed by atoms with Crippen LogP contribution in [0.25, 0.3) is 0 Å². The van der Waals surface area contributed by atoms with Crippen molar-refractivity contribution >= 4 is 12.6 Å². The predicted octanol–water partition coefficient (Wildman–Crippen LogP) is 1.38. The quantitative estimate of drug-likeness (QED) is 0.777. The monoisotopic (exact) mass is 342 g/mol. The second kappa shape index (κ2) is 7.46. The SMILES string of the molecule is COc1cc(F)c(B(O)O)cc1OCc1c(OC)ccc(F)c1F. The number of rotatable bonds is 6. The molecule has 128 valence electrons. The topological polar surface area (TPSA) is 68.2 Å². The standard InChI is InChI=1S/C15H14BF3O5/c1-22-12-4-3-10(17)15(19)8(12)7-24-14-5-9(16(20)21)11(18)6-13(14)23-2/h3-6,20-21H,7H2,1-2H3. The lowest BCUT2D eigenvalue weighted by molar-refractivity contribution is 0.269. The normalized spacial score (nSPS) is 10.5. The molecule has 2 rings (SSSR count). The van der Waals surface area contributed by atoms with Gasteiger partial charge in [0.1, 0.15) is 18.2 Å². The zero-order valence-electron chi connectivity index (χ0n) is 12.8. The van der Waals surface area contributed by atoms with E-state index in [1.807, 2.05) is 0 Å². The van der Waals surface area contributed by atoms with Crippen molar-refractivity contribution in [2.24, 2.45) is 0 Å². The van der Waals surface area contributed by atoms with Crippen LogP contribution < -0.4 is 19.7 Å². The van der Waals surface area contributed by atoms with Crippen LogP contribution in [0.2, 0.25) is 0 Å². The molecular weight excluding hydrogens is 328 g/mol. The fraction of sp³-hybridized carbons (Fsp3) is 0.200. The van der Waals surface area contributed by atoms with Gasteiger partial charge in [-0.25, -0.2) is 13.2 Å². The van der Waals surface area contributed by atoms with Crippen molar-refractivity contribution in [1.29, 1.82) is 0 Å². The van der Waals surface area contributed by atoms with Crippen molar-refractivity contribution in [1.82, 2.24) is 0 Å². The Labute approximate surface area is 136 Å². The molecule has 2 aromatic carbocycles. The van der Waals surface area contributed by atoms with Crippen molar-refractivity contribution < 1.29 is 37.4 Å². The van der Waals surface area contributed by atoms with Gasteiger partial charge in [-0.15, -0.1) is 0 Å². The molecule has 0 aromatic heterocycles. The van der Waals surface area contributed by atoms with E-state index in [1.54, 1.807) is 0 Å². The molecule has 0 aliphatic heterocycles. The highest BCUT2D eigenvalue weighted by Crippen LogP contribution is 2.30. The fourth-order valence-electron chi connectivity index (χ4n) is 2.07. The van der Waals surface area contributed by atoms with Gasteiger partial charge in [0.2, 0.25) is 0 Å². The maximum absolute atomic E-state index is 13.9. The average molecular weight is 342 g/mol. The molecule has 9 heteroatoms. The lowest BCUT2D eigenvalue weighted by atomic mass is 9.79. The minimum Gasteiger partial charge on any atom is -0.496 e. The molecule has 0 radical (unpaired) electrons. The van der Waals surface area contributed by atoms with Crippen LogP contribution in [0.5, 0.6) is 17.2 Å². The molecule has 0 unspecified atom stereocenters. The summed E-state index contributed by atoms with van der Waals surface area (Å²) in [6.07, 6.45) is 0. The van der Waals surface area contributed by atoms with Gasteiger partial charge < -0.3 is 24.3 Å². The number of ether oxygens (including phenoxy) is 3. The van der Waals surface area contributed by atoms with E-state index in [0.717, 1.165) is 18.2 Å². The second-order valence-electron chi connectivity index (χ2n) is 4.73. The third kappa shape index (κ3) is 3.57. The van der Waals surface area contributed by atoms with Crippen LogP contribution in [-0.4, -0.2) is 31.4 Å². The minimum atomic E-state index is -2.07. The molecule has 0 saturated heterocycles. The van der Waals surface area contributed by atoms with Crippen LogP contribution in [0.1, 0.15) is 5.56 Å². The first-order chi connectivity index (χ1) is 11.4. The Morgan fingerprint density at radius 2 is 1.58 bits per heavy atom. The van der Waals surface area contributed by atoms with E-state index in [0.29, 0.717) is 0 Å². The van der Waals surface area contributed by atoms with E-state index in [2.05, 4.69) is 0 Å². The fourth-order valence-corrected chi connectivity index (χ4v) is 2.07. The number of hydrogen-bond donors (Lipinski definition) is 2. The molecule has 0 fully saturated rings. The molecule has 0 spiro atoms. The molecule has 0 aliphatic rings. The van der Waals surface area contributed by atoms with Crippen molar-refractivity contribution in [3.8, 4) is 17.2 Å². The predicted molar refractivity (Wildman–Crippen MR) is 80.0 cm³/mol. The Bertz CT molecular complexity index is 740. The Hall–Kier alpha value is -2.39. The van der Waals surface area contributed by atoms with Gasteiger partial charge in [-0.1, -0.05) is 0 Å². The highest BCUT2D eigenvalue weighted by molar-refractivity contribution is 6.58. The Balaban J connectivity index is 2.36. The summed E-state index contributed by atoms with van der Waals surface area (Å²) in [4.78, 5) is 0. The Kier molecular flexibility index (Phi) is 5.58. The summed E-state index contributed by atoms with van der Waals surface area (Å²) in [5.41, 5.74) is -0.632. The summed E-state index contributed by atoms with van der Waals surface area (Å²) in [6.45, 7) is -0.449. The summed E-state index contributed by atoms with van der Waals surface area (Å²) in [5, 5.41) is 18.3. The molecule has 0 amide bonds. The third-order valence-corrected chi connectivity index (χ3v) is 3.31. The van der Waals surface area contributed by atoms with Crippen LogP contribution in [0.15, 0.2) is 24.3 Å². The van der Waals surface area contributed by atoms with Gasteiger partial charge >= 0.3 is 7.12 Å². The van der Waals surface area contributed by atoms with E-state index in [1.165, 1.54) is 20.3 Å². The third-order valence-electron chi connectivity index (χ3n) is 3.31. The molecule has 0 saturated carbocycles. The van der Waals surface area contributed by atoms with Crippen LogP contribution >= 0.6 is 0 Å². The molecule has 0 aliphatic carbocycles.